The van der Waals surface area contributed by atoms with Crippen molar-refractivity contribution in [2.45, 2.75) is 24.7 Å². The lowest BCUT2D eigenvalue weighted by Gasteiger charge is -2.25. The van der Waals surface area contributed by atoms with E-state index in [9.17, 15) is 14.7 Å². The van der Waals surface area contributed by atoms with Crippen LogP contribution in [-0.2, 0) is 15.0 Å². The summed E-state index contributed by atoms with van der Waals surface area (Å²) in [7, 11) is 0. The molecule has 24 heavy (non-hydrogen) atoms. The van der Waals surface area contributed by atoms with Crippen LogP contribution in [0, 0.1) is 23.7 Å². The van der Waals surface area contributed by atoms with E-state index in [1.807, 2.05) is 36.4 Å². The normalized spacial score (nSPS) is 31.9. The number of fused-ring (bicyclic) bond motifs is 2. The number of rotatable bonds is 5. The monoisotopic (exact) mass is 345 g/mol. The van der Waals surface area contributed by atoms with Gasteiger partial charge in [-0.05, 0) is 48.8 Å². The van der Waals surface area contributed by atoms with Crippen LogP contribution in [0.2, 0.25) is 5.02 Å². The Balaban J connectivity index is 1.46. The Kier molecular flexibility index (Phi) is 3.68. The summed E-state index contributed by atoms with van der Waals surface area (Å²) in [4.78, 5) is 24.2. The molecule has 0 spiro atoms. The highest BCUT2D eigenvalue weighted by Gasteiger charge is 2.52. The third-order valence-electron chi connectivity index (χ3n) is 5.94. The number of carbonyl (C=O) groups is 2. The number of aliphatic carboxylic acids is 1. The number of nitrogens with one attached hydrogen (secondary N) is 1. The molecule has 0 aromatic heterocycles. The van der Waals surface area contributed by atoms with E-state index in [1.54, 1.807) is 0 Å². The molecule has 2 N–H and O–H groups in total. The summed E-state index contributed by atoms with van der Waals surface area (Å²) in [5.41, 5.74) is 1.12. The second kappa shape index (κ2) is 5.62. The Hall–Kier alpha value is -1.81. The SMILES string of the molecule is O=C(O)C1C2C=CC(C2)C1C(=O)NCC1(c2cccc(Cl)c2)CC1. The molecule has 2 saturated carbocycles. The van der Waals surface area contributed by atoms with Crippen molar-refractivity contribution in [1.82, 2.24) is 5.32 Å². The summed E-state index contributed by atoms with van der Waals surface area (Å²) >= 11 is 6.08. The van der Waals surface area contributed by atoms with Crippen LogP contribution in [0.3, 0.4) is 0 Å². The minimum atomic E-state index is -0.858. The summed E-state index contributed by atoms with van der Waals surface area (Å²) in [5.74, 6) is -1.92. The first kappa shape index (κ1) is 15.7. The maximum absolute atomic E-state index is 12.7. The highest BCUT2D eigenvalue weighted by Crippen LogP contribution is 2.50. The predicted molar refractivity (Wildman–Crippen MR) is 90.7 cm³/mol. The van der Waals surface area contributed by atoms with E-state index in [4.69, 9.17) is 11.6 Å². The van der Waals surface area contributed by atoms with Crippen LogP contribution in [0.25, 0.3) is 0 Å². The van der Waals surface area contributed by atoms with Gasteiger partial charge in [0.1, 0.15) is 0 Å². The summed E-state index contributed by atoms with van der Waals surface area (Å²) < 4.78 is 0. The largest absolute Gasteiger partial charge is 0.481 e. The standard InChI is InChI=1S/C19H20ClNO3/c20-14-3-1-2-13(9-14)19(6-7-19)10-21-17(22)15-11-4-5-12(8-11)16(15)18(23)24/h1-5,9,11-12,15-16H,6-8,10H2,(H,21,22)(H,23,24). The average molecular weight is 346 g/mol. The molecular weight excluding hydrogens is 326 g/mol. The second-order valence-electron chi connectivity index (χ2n) is 7.35. The van der Waals surface area contributed by atoms with Crippen molar-refractivity contribution < 1.29 is 14.7 Å². The fraction of sp³-hybridized carbons (Fsp3) is 0.474. The average Bonchev–Trinajstić information content (AvgIpc) is 3.06. The summed E-state index contributed by atoms with van der Waals surface area (Å²) in [5, 5.41) is 13.2. The second-order valence-corrected chi connectivity index (χ2v) is 7.78. The van der Waals surface area contributed by atoms with Gasteiger partial charge < -0.3 is 10.4 Å². The van der Waals surface area contributed by atoms with Gasteiger partial charge >= 0.3 is 5.97 Å². The zero-order chi connectivity index (χ0) is 16.9. The predicted octanol–water partition coefficient (Wildman–Crippen LogP) is 3.01. The van der Waals surface area contributed by atoms with Gasteiger partial charge in [0.05, 0.1) is 11.8 Å². The van der Waals surface area contributed by atoms with Crippen molar-refractivity contribution >= 4 is 23.5 Å². The minimum absolute atomic E-state index is 0.00562. The number of carboxylic acid groups (broad SMARTS) is 1. The number of carbonyl (C=O) groups excluding carboxylic acids is 1. The number of hydrogen-bond donors (Lipinski definition) is 2. The molecule has 0 saturated heterocycles. The number of halogens is 1. The first-order valence-electron chi connectivity index (χ1n) is 8.45. The third-order valence-corrected chi connectivity index (χ3v) is 6.17. The minimum Gasteiger partial charge on any atom is -0.481 e. The van der Waals surface area contributed by atoms with E-state index in [1.165, 1.54) is 0 Å². The highest BCUT2D eigenvalue weighted by molar-refractivity contribution is 6.30. The van der Waals surface area contributed by atoms with Crippen molar-refractivity contribution in [3.05, 3.63) is 47.0 Å². The zero-order valence-corrected chi connectivity index (χ0v) is 14.0. The number of allylic oxidation sites excluding steroid dienone is 2. The molecule has 4 atom stereocenters. The smallest absolute Gasteiger partial charge is 0.307 e. The Morgan fingerprint density at radius 1 is 1.21 bits per heavy atom. The molecule has 2 fully saturated rings. The van der Waals surface area contributed by atoms with Gasteiger partial charge in [0.15, 0.2) is 0 Å². The van der Waals surface area contributed by atoms with E-state index in [2.05, 4.69) is 5.32 Å². The van der Waals surface area contributed by atoms with E-state index in [0.29, 0.717) is 11.6 Å². The van der Waals surface area contributed by atoms with Gasteiger partial charge in [-0.25, -0.2) is 0 Å². The van der Waals surface area contributed by atoms with Crippen LogP contribution in [0.4, 0.5) is 0 Å². The topological polar surface area (TPSA) is 66.4 Å². The lowest BCUT2D eigenvalue weighted by atomic mass is 9.82. The molecule has 3 aliphatic rings. The highest BCUT2D eigenvalue weighted by atomic mass is 35.5. The van der Waals surface area contributed by atoms with Crippen LogP contribution >= 0.6 is 11.6 Å². The van der Waals surface area contributed by atoms with Crippen LogP contribution in [-0.4, -0.2) is 23.5 Å². The first-order valence-corrected chi connectivity index (χ1v) is 8.83. The number of benzene rings is 1. The van der Waals surface area contributed by atoms with E-state index >= 15 is 0 Å². The van der Waals surface area contributed by atoms with E-state index in [-0.39, 0.29) is 23.2 Å². The van der Waals surface area contributed by atoms with Gasteiger partial charge in [-0.15, -0.1) is 0 Å². The molecule has 4 nitrogen and oxygen atoms in total. The van der Waals surface area contributed by atoms with Gasteiger partial charge in [-0.1, -0.05) is 35.9 Å². The number of hydrogen-bond acceptors (Lipinski definition) is 2. The van der Waals surface area contributed by atoms with Crippen molar-refractivity contribution in [3.63, 3.8) is 0 Å². The molecular formula is C19H20ClNO3. The van der Waals surface area contributed by atoms with E-state index in [0.717, 1.165) is 24.8 Å². The summed E-state index contributed by atoms with van der Waals surface area (Å²) in [6, 6.07) is 7.78. The Morgan fingerprint density at radius 2 is 1.92 bits per heavy atom. The molecule has 1 amide bonds. The zero-order valence-electron chi connectivity index (χ0n) is 13.2. The third kappa shape index (κ3) is 2.53. The number of amides is 1. The van der Waals surface area contributed by atoms with Crippen molar-refractivity contribution in [3.8, 4) is 0 Å². The molecule has 0 radical (unpaired) electrons. The molecule has 3 aliphatic carbocycles. The molecule has 0 heterocycles. The van der Waals surface area contributed by atoms with Crippen molar-refractivity contribution in [2.75, 3.05) is 6.54 Å². The van der Waals surface area contributed by atoms with Crippen LogP contribution in [0.1, 0.15) is 24.8 Å². The van der Waals surface area contributed by atoms with Crippen LogP contribution in [0.5, 0.6) is 0 Å². The fourth-order valence-corrected chi connectivity index (χ4v) is 4.62. The Labute approximate surface area is 145 Å². The van der Waals surface area contributed by atoms with Crippen LogP contribution < -0.4 is 5.32 Å². The maximum atomic E-state index is 12.7. The quantitative estimate of drug-likeness (QED) is 0.806. The van der Waals surface area contributed by atoms with Gasteiger partial charge in [0, 0.05) is 17.0 Å². The number of carboxylic acids is 1. The summed E-state index contributed by atoms with van der Waals surface area (Å²) in [6.45, 7) is 0.552. The molecule has 4 rings (SSSR count). The first-order chi connectivity index (χ1) is 11.5. The molecule has 1 aromatic carbocycles. The van der Waals surface area contributed by atoms with Gasteiger partial charge in [0.2, 0.25) is 5.91 Å². The van der Waals surface area contributed by atoms with Crippen molar-refractivity contribution in [2.24, 2.45) is 23.7 Å². The molecule has 126 valence electrons. The maximum Gasteiger partial charge on any atom is 0.307 e. The molecule has 4 unspecified atom stereocenters. The van der Waals surface area contributed by atoms with Crippen LogP contribution in [0.15, 0.2) is 36.4 Å². The van der Waals surface area contributed by atoms with Gasteiger partial charge in [0.25, 0.3) is 0 Å². The fourth-order valence-electron chi connectivity index (χ4n) is 4.43. The molecule has 0 aliphatic heterocycles. The lowest BCUT2D eigenvalue weighted by molar-refractivity contribution is -0.147. The Morgan fingerprint density at radius 3 is 2.54 bits per heavy atom. The lowest BCUT2D eigenvalue weighted by Crippen LogP contribution is -2.42. The van der Waals surface area contributed by atoms with Gasteiger partial charge in [-0.3, -0.25) is 9.59 Å². The molecule has 5 heteroatoms. The molecule has 1 aromatic rings. The summed E-state index contributed by atoms with van der Waals surface area (Å²) in [6.07, 6.45) is 6.80. The Bertz CT molecular complexity index is 725. The van der Waals surface area contributed by atoms with E-state index < -0.39 is 17.8 Å². The molecule has 2 bridgehead atoms. The van der Waals surface area contributed by atoms with Crippen molar-refractivity contribution in [1.29, 1.82) is 0 Å². The van der Waals surface area contributed by atoms with Gasteiger partial charge in [-0.2, -0.15) is 0 Å².